The Labute approximate surface area is 152 Å². The minimum absolute atomic E-state index is 0.152. The van der Waals surface area contributed by atoms with Crippen molar-refractivity contribution in [2.24, 2.45) is 7.05 Å². The molecule has 0 aliphatic rings. The van der Waals surface area contributed by atoms with Gasteiger partial charge in [0.05, 0.1) is 28.6 Å². The van der Waals surface area contributed by atoms with Crippen LogP contribution >= 0.6 is 0 Å². The van der Waals surface area contributed by atoms with Gasteiger partial charge in [-0.1, -0.05) is 6.07 Å². The molecule has 0 aliphatic heterocycles. The SMILES string of the molecule is Cn1cnc2ccc(-c3c(-c4ccc(F)cc4)nc(N)n4nnnc34)cc21. The van der Waals surface area contributed by atoms with Gasteiger partial charge >= 0.3 is 0 Å². The fourth-order valence-corrected chi connectivity index (χ4v) is 3.19. The number of nitrogens with zero attached hydrogens (tertiary/aromatic N) is 7. The summed E-state index contributed by atoms with van der Waals surface area (Å²) in [6.45, 7) is 0. The van der Waals surface area contributed by atoms with Crippen LogP contribution in [0.4, 0.5) is 10.3 Å². The summed E-state index contributed by atoms with van der Waals surface area (Å²) in [5.41, 5.74) is 11.2. The van der Waals surface area contributed by atoms with Crippen molar-refractivity contribution in [2.75, 3.05) is 5.73 Å². The van der Waals surface area contributed by atoms with Crippen LogP contribution in [0.1, 0.15) is 0 Å². The van der Waals surface area contributed by atoms with Gasteiger partial charge in [0.1, 0.15) is 5.82 Å². The van der Waals surface area contributed by atoms with Gasteiger partial charge in [0.25, 0.3) is 0 Å². The smallest absolute Gasteiger partial charge is 0.225 e. The Bertz CT molecular complexity index is 1300. The minimum Gasteiger partial charge on any atom is -0.368 e. The molecule has 3 aromatic heterocycles. The number of rotatable bonds is 2. The molecule has 0 radical (unpaired) electrons. The lowest BCUT2D eigenvalue weighted by atomic mass is 9.99. The summed E-state index contributed by atoms with van der Waals surface area (Å²) in [6.07, 6.45) is 1.75. The first kappa shape index (κ1) is 15.4. The summed E-state index contributed by atoms with van der Waals surface area (Å²) < 4.78 is 16.7. The Morgan fingerprint density at radius 3 is 2.63 bits per heavy atom. The molecule has 0 unspecified atom stereocenters. The van der Waals surface area contributed by atoms with E-state index in [1.807, 2.05) is 29.8 Å². The number of aryl methyl sites for hydroxylation is 1. The van der Waals surface area contributed by atoms with E-state index in [9.17, 15) is 4.39 Å². The maximum Gasteiger partial charge on any atom is 0.225 e. The third-order valence-electron chi connectivity index (χ3n) is 4.51. The zero-order valence-electron chi connectivity index (χ0n) is 14.2. The third-order valence-corrected chi connectivity index (χ3v) is 4.51. The second-order valence-corrected chi connectivity index (χ2v) is 6.17. The van der Waals surface area contributed by atoms with Gasteiger partial charge in [0.2, 0.25) is 5.95 Å². The van der Waals surface area contributed by atoms with Crippen LogP contribution in [-0.4, -0.2) is 34.6 Å². The van der Waals surface area contributed by atoms with Crippen molar-refractivity contribution in [3.63, 3.8) is 0 Å². The average Bonchev–Trinajstić information content (AvgIpc) is 3.30. The molecule has 0 spiro atoms. The highest BCUT2D eigenvalue weighted by molar-refractivity contribution is 5.93. The Morgan fingerprint density at radius 1 is 1.04 bits per heavy atom. The average molecular weight is 360 g/mol. The zero-order chi connectivity index (χ0) is 18.5. The predicted molar refractivity (Wildman–Crippen MR) is 98.1 cm³/mol. The van der Waals surface area contributed by atoms with E-state index in [4.69, 9.17) is 5.73 Å². The summed E-state index contributed by atoms with van der Waals surface area (Å²) in [5, 5.41) is 11.8. The number of nitrogen functional groups attached to an aromatic ring is 1. The molecule has 3 heterocycles. The Kier molecular flexibility index (Phi) is 3.17. The molecular weight excluding hydrogens is 347 g/mol. The van der Waals surface area contributed by atoms with E-state index in [0.29, 0.717) is 22.5 Å². The molecule has 132 valence electrons. The van der Waals surface area contributed by atoms with Crippen molar-refractivity contribution in [3.8, 4) is 22.4 Å². The lowest BCUT2D eigenvalue weighted by Gasteiger charge is -2.12. The molecule has 27 heavy (non-hydrogen) atoms. The van der Waals surface area contributed by atoms with E-state index < -0.39 is 0 Å². The van der Waals surface area contributed by atoms with Crippen LogP contribution in [0.25, 0.3) is 39.1 Å². The van der Waals surface area contributed by atoms with Crippen LogP contribution in [0.3, 0.4) is 0 Å². The lowest BCUT2D eigenvalue weighted by Crippen LogP contribution is -2.06. The van der Waals surface area contributed by atoms with Crippen molar-refractivity contribution in [3.05, 3.63) is 54.6 Å². The largest absolute Gasteiger partial charge is 0.368 e. The number of imidazole rings is 1. The summed E-state index contributed by atoms with van der Waals surface area (Å²) in [4.78, 5) is 8.84. The van der Waals surface area contributed by atoms with Gasteiger partial charge in [0, 0.05) is 12.6 Å². The fraction of sp³-hybridized carbons (Fsp3) is 0.0556. The molecule has 0 fully saturated rings. The number of fused-ring (bicyclic) bond motifs is 2. The summed E-state index contributed by atoms with van der Waals surface area (Å²) in [7, 11) is 1.93. The number of benzene rings is 2. The summed E-state index contributed by atoms with van der Waals surface area (Å²) in [5.74, 6) is -0.172. The van der Waals surface area contributed by atoms with Crippen LogP contribution in [0.15, 0.2) is 48.8 Å². The molecule has 0 saturated heterocycles. The van der Waals surface area contributed by atoms with Crippen LogP contribution in [0, 0.1) is 5.82 Å². The van der Waals surface area contributed by atoms with Gasteiger partial charge in [-0.05, 0) is 52.4 Å². The number of tetrazole rings is 1. The first-order valence-electron chi connectivity index (χ1n) is 8.17. The minimum atomic E-state index is -0.324. The molecule has 5 aromatic rings. The molecule has 0 aliphatic carbocycles. The molecular formula is C18H13FN8. The molecule has 2 aromatic carbocycles. The molecule has 0 saturated carbocycles. The van der Waals surface area contributed by atoms with E-state index in [2.05, 4.69) is 25.5 Å². The van der Waals surface area contributed by atoms with Gasteiger partial charge < -0.3 is 10.3 Å². The number of hydrogen-bond acceptors (Lipinski definition) is 6. The maximum absolute atomic E-state index is 13.4. The highest BCUT2D eigenvalue weighted by atomic mass is 19.1. The third kappa shape index (κ3) is 2.32. The Morgan fingerprint density at radius 2 is 1.81 bits per heavy atom. The van der Waals surface area contributed by atoms with Crippen LogP contribution in [-0.2, 0) is 7.05 Å². The van der Waals surface area contributed by atoms with Gasteiger partial charge in [-0.15, -0.1) is 5.10 Å². The van der Waals surface area contributed by atoms with Crippen LogP contribution in [0.5, 0.6) is 0 Å². The van der Waals surface area contributed by atoms with E-state index in [0.717, 1.165) is 16.6 Å². The van der Waals surface area contributed by atoms with Crippen molar-refractivity contribution >= 4 is 22.6 Å². The lowest BCUT2D eigenvalue weighted by molar-refractivity contribution is 0.628. The molecule has 0 bridgehead atoms. The highest BCUT2D eigenvalue weighted by Crippen LogP contribution is 2.35. The van der Waals surface area contributed by atoms with Crippen LogP contribution in [0.2, 0.25) is 0 Å². The number of halogens is 1. The molecule has 9 heteroatoms. The van der Waals surface area contributed by atoms with Crippen molar-refractivity contribution in [1.29, 1.82) is 0 Å². The molecule has 0 amide bonds. The van der Waals surface area contributed by atoms with E-state index in [-0.39, 0.29) is 11.8 Å². The van der Waals surface area contributed by atoms with Crippen molar-refractivity contribution in [2.45, 2.75) is 0 Å². The van der Waals surface area contributed by atoms with E-state index in [1.165, 1.54) is 16.6 Å². The molecule has 5 rings (SSSR count). The molecule has 2 N–H and O–H groups in total. The standard InChI is InChI=1S/C18H13FN8/c1-26-9-21-13-7-4-11(8-14(13)26)15-16(10-2-5-12(19)6-3-10)22-18(20)27-17(15)23-24-25-27/h2-9H,1H3,(H2,20,22). The van der Waals surface area contributed by atoms with E-state index in [1.54, 1.807) is 18.5 Å². The van der Waals surface area contributed by atoms with Gasteiger partial charge in [0.15, 0.2) is 5.65 Å². The van der Waals surface area contributed by atoms with Crippen molar-refractivity contribution < 1.29 is 4.39 Å². The molecule has 0 atom stereocenters. The van der Waals surface area contributed by atoms with E-state index >= 15 is 0 Å². The first-order chi connectivity index (χ1) is 13.1. The van der Waals surface area contributed by atoms with Gasteiger partial charge in [-0.25, -0.2) is 14.4 Å². The fourth-order valence-electron chi connectivity index (χ4n) is 3.19. The Balaban J connectivity index is 1.87. The van der Waals surface area contributed by atoms with Crippen LogP contribution < -0.4 is 5.73 Å². The quantitative estimate of drug-likeness (QED) is 0.519. The predicted octanol–water partition coefficient (Wildman–Crippen LogP) is 2.46. The zero-order valence-corrected chi connectivity index (χ0v) is 14.2. The number of hydrogen-bond donors (Lipinski definition) is 1. The summed E-state index contributed by atoms with van der Waals surface area (Å²) >= 11 is 0. The first-order valence-corrected chi connectivity index (χ1v) is 8.17. The molecule has 8 nitrogen and oxygen atoms in total. The number of aromatic nitrogens is 7. The Hall–Kier alpha value is -3.88. The maximum atomic E-state index is 13.4. The van der Waals surface area contributed by atoms with Gasteiger partial charge in [-0.3, -0.25) is 0 Å². The number of nitrogens with two attached hydrogens (primary N) is 1. The van der Waals surface area contributed by atoms with Crippen molar-refractivity contribution in [1.82, 2.24) is 34.6 Å². The topological polar surface area (TPSA) is 99.8 Å². The highest BCUT2D eigenvalue weighted by Gasteiger charge is 2.19. The van der Waals surface area contributed by atoms with Gasteiger partial charge in [-0.2, -0.15) is 4.52 Å². The summed E-state index contributed by atoms with van der Waals surface area (Å²) in [6, 6.07) is 11.9. The monoisotopic (exact) mass is 360 g/mol. The second kappa shape index (κ2) is 5.56. The number of anilines is 1. The second-order valence-electron chi connectivity index (χ2n) is 6.17. The normalized spacial score (nSPS) is 11.5.